The van der Waals surface area contributed by atoms with Gasteiger partial charge in [-0.15, -0.1) is 11.3 Å². The number of thiazole rings is 1. The summed E-state index contributed by atoms with van der Waals surface area (Å²) in [6, 6.07) is 15.6. The number of hydrogen-bond donors (Lipinski definition) is 1. The summed E-state index contributed by atoms with van der Waals surface area (Å²) >= 11 is 1.38. The molecule has 0 radical (unpaired) electrons. The number of benzene rings is 2. The molecule has 6 nitrogen and oxygen atoms in total. The predicted molar refractivity (Wildman–Crippen MR) is 120 cm³/mol. The van der Waals surface area contributed by atoms with Crippen LogP contribution in [-0.2, 0) is 11.3 Å². The largest absolute Gasteiger partial charge is 0.324 e. The molecule has 0 saturated carbocycles. The first-order valence-electron chi connectivity index (χ1n) is 9.44. The smallest absolute Gasteiger partial charge is 0.264 e. The Morgan fingerprint density at radius 2 is 1.93 bits per heavy atom. The first-order chi connectivity index (χ1) is 14.5. The van der Waals surface area contributed by atoms with E-state index in [9.17, 15) is 9.59 Å². The fraction of sp³-hybridized carbons (Fsp3) is 0.130. The predicted octanol–water partition coefficient (Wildman–Crippen LogP) is 4.29. The van der Waals surface area contributed by atoms with E-state index in [2.05, 4.69) is 15.3 Å². The molecule has 0 aliphatic heterocycles. The molecule has 0 bridgehead atoms. The van der Waals surface area contributed by atoms with Crippen molar-refractivity contribution in [2.24, 2.45) is 0 Å². The van der Waals surface area contributed by atoms with Gasteiger partial charge in [-0.1, -0.05) is 48.0 Å². The molecular formula is C23H20N4O2S. The van der Waals surface area contributed by atoms with Crippen molar-refractivity contribution in [3.05, 3.63) is 87.9 Å². The molecule has 2 heterocycles. The minimum atomic E-state index is -0.297. The lowest BCUT2D eigenvalue weighted by molar-refractivity contribution is -0.116. The van der Waals surface area contributed by atoms with Gasteiger partial charge in [-0.2, -0.15) is 0 Å². The van der Waals surface area contributed by atoms with Gasteiger partial charge in [-0.25, -0.2) is 9.97 Å². The van der Waals surface area contributed by atoms with E-state index in [1.807, 2.05) is 67.8 Å². The summed E-state index contributed by atoms with van der Waals surface area (Å²) in [5, 5.41) is 5.35. The molecule has 30 heavy (non-hydrogen) atoms. The van der Waals surface area contributed by atoms with Crippen molar-refractivity contribution in [2.75, 3.05) is 5.32 Å². The molecule has 0 aliphatic rings. The van der Waals surface area contributed by atoms with Crippen molar-refractivity contribution in [1.82, 2.24) is 14.5 Å². The SMILES string of the molecule is Cc1ccc(NC(=O)Cn2cncc(-c3nc(-c4ccccc4)cs3)c2=O)c(C)c1. The molecule has 0 fully saturated rings. The van der Waals surface area contributed by atoms with Crippen LogP contribution in [0.2, 0.25) is 0 Å². The quantitative estimate of drug-likeness (QED) is 0.527. The van der Waals surface area contributed by atoms with E-state index in [4.69, 9.17) is 0 Å². The lowest BCUT2D eigenvalue weighted by Crippen LogP contribution is -2.28. The maximum atomic E-state index is 12.9. The van der Waals surface area contributed by atoms with E-state index in [-0.39, 0.29) is 18.0 Å². The molecule has 150 valence electrons. The summed E-state index contributed by atoms with van der Waals surface area (Å²) in [6.07, 6.45) is 2.87. The second kappa shape index (κ2) is 8.42. The van der Waals surface area contributed by atoms with Gasteiger partial charge in [0.1, 0.15) is 11.6 Å². The third-order valence-corrected chi connectivity index (χ3v) is 5.55. The Hall–Kier alpha value is -3.58. The summed E-state index contributed by atoms with van der Waals surface area (Å²) in [7, 11) is 0. The molecule has 0 unspecified atom stereocenters. The number of rotatable bonds is 5. The first kappa shape index (κ1) is 19.7. The van der Waals surface area contributed by atoms with Crippen LogP contribution in [0.5, 0.6) is 0 Å². The summed E-state index contributed by atoms with van der Waals surface area (Å²) in [5.74, 6) is -0.285. The van der Waals surface area contributed by atoms with Crippen LogP contribution in [0.4, 0.5) is 5.69 Å². The lowest BCUT2D eigenvalue weighted by Gasteiger charge is -2.10. The molecule has 0 aliphatic carbocycles. The highest BCUT2D eigenvalue weighted by molar-refractivity contribution is 7.13. The highest BCUT2D eigenvalue weighted by Gasteiger charge is 2.14. The van der Waals surface area contributed by atoms with E-state index in [1.165, 1.54) is 28.4 Å². The fourth-order valence-corrected chi connectivity index (χ4v) is 3.98. The van der Waals surface area contributed by atoms with E-state index in [0.717, 1.165) is 28.1 Å². The van der Waals surface area contributed by atoms with Crippen LogP contribution >= 0.6 is 11.3 Å². The van der Waals surface area contributed by atoms with Gasteiger partial charge in [-0.3, -0.25) is 14.2 Å². The number of nitrogens with zero attached hydrogens (tertiary/aromatic N) is 3. The van der Waals surface area contributed by atoms with Crippen molar-refractivity contribution in [2.45, 2.75) is 20.4 Å². The highest BCUT2D eigenvalue weighted by Crippen LogP contribution is 2.26. The molecule has 7 heteroatoms. The molecule has 1 amide bonds. The Morgan fingerprint density at radius 1 is 1.13 bits per heavy atom. The minimum Gasteiger partial charge on any atom is -0.324 e. The first-order valence-corrected chi connectivity index (χ1v) is 10.3. The van der Waals surface area contributed by atoms with Crippen LogP contribution in [0, 0.1) is 13.8 Å². The van der Waals surface area contributed by atoms with Crippen LogP contribution < -0.4 is 10.9 Å². The number of carbonyl (C=O) groups excluding carboxylic acids is 1. The van der Waals surface area contributed by atoms with E-state index in [1.54, 1.807) is 0 Å². The van der Waals surface area contributed by atoms with Crippen molar-refractivity contribution in [3.63, 3.8) is 0 Å². The van der Waals surface area contributed by atoms with Crippen LogP contribution in [0.3, 0.4) is 0 Å². The number of hydrogen-bond acceptors (Lipinski definition) is 5. The molecule has 4 rings (SSSR count). The molecule has 1 N–H and O–H groups in total. The topological polar surface area (TPSA) is 76.9 Å². The zero-order chi connectivity index (χ0) is 21.1. The van der Waals surface area contributed by atoms with Crippen LogP contribution in [0.15, 0.2) is 71.2 Å². The lowest BCUT2D eigenvalue weighted by atomic mass is 10.1. The summed E-state index contributed by atoms with van der Waals surface area (Å²) in [6.45, 7) is 3.81. The molecular weight excluding hydrogens is 396 g/mol. The third kappa shape index (κ3) is 4.21. The Morgan fingerprint density at radius 3 is 2.70 bits per heavy atom. The fourth-order valence-electron chi connectivity index (χ4n) is 3.15. The number of nitrogens with one attached hydrogen (secondary N) is 1. The van der Waals surface area contributed by atoms with Crippen LogP contribution in [-0.4, -0.2) is 20.4 Å². The van der Waals surface area contributed by atoms with E-state index in [0.29, 0.717) is 10.6 Å². The van der Waals surface area contributed by atoms with E-state index < -0.39 is 0 Å². The maximum absolute atomic E-state index is 12.9. The van der Waals surface area contributed by atoms with Crippen molar-refractivity contribution < 1.29 is 4.79 Å². The summed E-state index contributed by atoms with van der Waals surface area (Å²) in [5.41, 5.74) is 4.69. The summed E-state index contributed by atoms with van der Waals surface area (Å²) in [4.78, 5) is 34.1. The van der Waals surface area contributed by atoms with Gasteiger partial charge in [0.2, 0.25) is 5.91 Å². The molecule has 2 aromatic heterocycles. The number of aryl methyl sites for hydroxylation is 2. The molecule has 0 saturated heterocycles. The standard InChI is InChI=1S/C23H20N4O2S/c1-15-8-9-19(16(2)10-15)25-21(28)12-27-14-24-11-18(23(27)29)22-26-20(13-30-22)17-6-4-3-5-7-17/h3-11,13-14H,12H2,1-2H3,(H,25,28). The second-order valence-corrected chi connectivity index (χ2v) is 7.87. The third-order valence-electron chi connectivity index (χ3n) is 4.68. The summed E-state index contributed by atoms with van der Waals surface area (Å²) < 4.78 is 1.30. The zero-order valence-corrected chi connectivity index (χ0v) is 17.4. The molecule has 2 aromatic carbocycles. The Balaban J connectivity index is 1.55. The molecule has 4 aromatic rings. The van der Waals surface area contributed by atoms with Gasteiger partial charge >= 0.3 is 0 Å². The van der Waals surface area contributed by atoms with Gasteiger partial charge in [0.05, 0.1) is 17.6 Å². The van der Waals surface area contributed by atoms with Gasteiger partial charge in [0, 0.05) is 22.8 Å². The number of anilines is 1. The number of carbonyl (C=O) groups is 1. The van der Waals surface area contributed by atoms with Crippen molar-refractivity contribution in [3.8, 4) is 21.8 Å². The average Bonchev–Trinajstić information content (AvgIpc) is 3.22. The zero-order valence-electron chi connectivity index (χ0n) is 16.6. The number of aromatic nitrogens is 3. The van der Waals surface area contributed by atoms with Gasteiger partial charge in [0.25, 0.3) is 5.56 Å². The van der Waals surface area contributed by atoms with Gasteiger partial charge in [-0.05, 0) is 25.5 Å². The Kier molecular flexibility index (Phi) is 5.54. The Labute approximate surface area is 177 Å². The molecule has 0 atom stereocenters. The van der Waals surface area contributed by atoms with Crippen molar-refractivity contribution >= 4 is 22.9 Å². The van der Waals surface area contributed by atoms with Crippen molar-refractivity contribution in [1.29, 1.82) is 0 Å². The van der Waals surface area contributed by atoms with E-state index >= 15 is 0 Å². The normalized spacial score (nSPS) is 10.7. The minimum absolute atomic E-state index is 0.121. The van der Waals surface area contributed by atoms with Crippen LogP contribution in [0.25, 0.3) is 21.8 Å². The van der Waals surface area contributed by atoms with Crippen LogP contribution in [0.1, 0.15) is 11.1 Å². The average molecular weight is 417 g/mol. The highest BCUT2D eigenvalue weighted by atomic mass is 32.1. The Bertz CT molecular complexity index is 1260. The number of amides is 1. The molecule has 0 spiro atoms. The van der Waals surface area contributed by atoms with Gasteiger partial charge < -0.3 is 5.32 Å². The monoisotopic (exact) mass is 416 g/mol. The second-order valence-electron chi connectivity index (χ2n) is 7.01. The maximum Gasteiger partial charge on any atom is 0.264 e. The van der Waals surface area contributed by atoms with Gasteiger partial charge in [0.15, 0.2) is 0 Å².